The van der Waals surface area contributed by atoms with Gasteiger partial charge in [-0.2, -0.15) is 0 Å². The minimum absolute atomic E-state index is 0.123. The molecule has 0 radical (unpaired) electrons. The van der Waals surface area contributed by atoms with E-state index >= 15 is 0 Å². The normalized spacial score (nSPS) is 13.4. The minimum Gasteiger partial charge on any atom is -0.476 e. The van der Waals surface area contributed by atoms with Crippen LogP contribution in [0, 0.1) is 0 Å². The Kier molecular flexibility index (Phi) is 3.46. The van der Waals surface area contributed by atoms with Gasteiger partial charge < -0.3 is 9.52 Å². The van der Waals surface area contributed by atoms with E-state index in [-0.39, 0.29) is 17.3 Å². The Morgan fingerprint density at radius 3 is 2.68 bits per heavy atom. The van der Waals surface area contributed by atoms with Gasteiger partial charge in [0.05, 0.1) is 4.88 Å². The molecule has 0 fully saturated rings. The number of rotatable bonds is 4. The maximum atomic E-state index is 11.5. The second-order valence-electron chi connectivity index (χ2n) is 3.99. The zero-order valence-corrected chi connectivity index (χ0v) is 11.8. The third-order valence-electron chi connectivity index (χ3n) is 2.60. The molecule has 1 N–H and O–H groups in total. The number of aromatic nitrogens is 1. The van der Waals surface area contributed by atoms with E-state index < -0.39 is 21.1 Å². The summed E-state index contributed by atoms with van der Waals surface area (Å²) in [7, 11) is -3.46. The van der Waals surface area contributed by atoms with Gasteiger partial charge in [-0.15, -0.1) is 11.3 Å². The molecule has 2 rings (SSSR count). The Labute approximate surface area is 113 Å². The Hall–Kier alpha value is -1.67. The molecule has 0 aliphatic carbocycles. The molecule has 8 heteroatoms. The van der Waals surface area contributed by atoms with Crippen molar-refractivity contribution in [1.29, 1.82) is 0 Å². The molecule has 0 saturated carbocycles. The highest BCUT2D eigenvalue weighted by Gasteiger charge is 2.30. The van der Waals surface area contributed by atoms with Crippen LogP contribution in [0.2, 0.25) is 0 Å². The lowest BCUT2D eigenvalue weighted by molar-refractivity contribution is 0.0689. The fourth-order valence-electron chi connectivity index (χ4n) is 1.46. The van der Waals surface area contributed by atoms with E-state index in [0.717, 1.165) is 6.26 Å². The first kappa shape index (κ1) is 13.8. The van der Waals surface area contributed by atoms with E-state index in [1.165, 1.54) is 18.3 Å². The smallest absolute Gasteiger partial charge is 0.358 e. The van der Waals surface area contributed by atoms with Crippen LogP contribution in [0.5, 0.6) is 0 Å². The molecule has 1 unspecified atom stereocenters. The second-order valence-corrected chi connectivity index (χ2v) is 7.30. The van der Waals surface area contributed by atoms with Gasteiger partial charge in [-0.1, -0.05) is 6.07 Å². The molecule has 19 heavy (non-hydrogen) atoms. The number of nitrogens with zero attached hydrogens (tertiary/aromatic N) is 1. The topological polar surface area (TPSA) is 97.5 Å². The third kappa shape index (κ3) is 2.69. The van der Waals surface area contributed by atoms with Gasteiger partial charge in [0.1, 0.15) is 5.25 Å². The SMILES string of the molecule is CC(c1oc(-c2cccs2)nc1C(=O)O)S(C)(=O)=O. The van der Waals surface area contributed by atoms with E-state index in [1.54, 1.807) is 17.5 Å². The molecule has 102 valence electrons. The highest BCUT2D eigenvalue weighted by Crippen LogP contribution is 2.31. The van der Waals surface area contributed by atoms with Crippen molar-refractivity contribution in [2.45, 2.75) is 12.2 Å². The molecule has 0 aliphatic heterocycles. The van der Waals surface area contributed by atoms with Crippen LogP contribution in [0.3, 0.4) is 0 Å². The second kappa shape index (κ2) is 4.78. The molecule has 2 aromatic heterocycles. The van der Waals surface area contributed by atoms with Gasteiger partial charge in [0.2, 0.25) is 5.89 Å². The number of carboxylic acid groups (broad SMARTS) is 1. The summed E-state index contributed by atoms with van der Waals surface area (Å²) in [6.45, 7) is 1.38. The van der Waals surface area contributed by atoms with Gasteiger partial charge in [-0.25, -0.2) is 18.2 Å². The highest BCUT2D eigenvalue weighted by atomic mass is 32.2. The molecule has 0 amide bonds. The average Bonchev–Trinajstić information content (AvgIpc) is 2.95. The molecule has 0 aromatic carbocycles. The van der Waals surface area contributed by atoms with Crippen molar-refractivity contribution in [2.24, 2.45) is 0 Å². The summed E-state index contributed by atoms with van der Waals surface area (Å²) in [6.07, 6.45) is 1.02. The predicted octanol–water partition coefficient (Wildman–Crippen LogP) is 2.21. The van der Waals surface area contributed by atoms with E-state index in [9.17, 15) is 13.2 Å². The zero-order valence-electron chi connectivity index (χ0n) is 10.2. The number of carboxylic acids is 1. The number of aromatic carboxylic acids is 1. The molecule has 1 atom stereocenters. The van der Waals surface area contributed by atoms with Gasteiger partial charge in [-0.05, 0) is 18.4 Å². The zero-order chi connectivity index (χ0) is 14.2. The van der Waals surface area contributed by atoms with E-state index in [0.29, 0.717) is 4.88 Å². The monoisotopic (exact) mass is 301 g/mol. The van der Waals surface area contributed by atoms with Crippen molar-refractivity contribution in [3.63, 3.8) is 0 Å². The van der Waals surface area contributed by atoms with Gasteiger partial charge in [-0.3, -0.25) is 0 Å². The van der Waals surface area contributed by atoms with E-state index in [2.05, 4.69) is 4.98 Å². The van der Waals surface area contributed by atoms with Crippen molar-refractivity contribution in [1.82, 2.24) is 4.98 Å². The first-order valence-corrected chi connectivity index (χ1v) is 8.11. The number of hydrogen-bond donors (Lipinski definition) is 1. The maximum absolute atomic E-state index is 11.5. The van der Waals surface area contributed by atoms with E-state index in [1.807, 2.05) is 0 Å². The Balaban J connectivity index is 2.57. The average molecular weight is 301 g/mol. The number of oxazole rings is 1. The van der Waals surface area contributed by atoms with Crippen LogP contribution in [0.15, 0.2) is 21.9 Å². The van der Waals surface area contributed by atoms with Crippen molar-refractivity contribution < 1.29 is 22.7 Å². The molecule has 2 aromatic rings. The van der Waals surface area contributed by atoms with Crippen LogP contribution in [-0.4, -0.2) is 30.7 Å². The summed E-state index contributed by atoms with van der Waals surface area (Å²) in [4.78, 5) is 15.6. The van der Waals surface area contributed by atoms with E-state index in [4.69, 9.17) is 9.52 Å². The molecule has 2 heterocycles. The molecular formula is C11H11NO5S2. The lowest BCUT2D eigenvalue weighted by Crippen LogP contribution is -2.11. The van der Waals surface area contributed by atoms with Crippen LogP contribution in [-0.2, 0) is 9.84 Å². The summed E-state index contributed by atoms with van der Waals surface area (Å²) in [5.41, 5.74) is -0.360. The van der Waals surface area contributed by atoms with Crippen LogP contribution in [0.4, 0.5) is 0 Å². The minimum atomic E-state index is -3.46. The molecule has 6 nitrogen and oxygen atoms in total. The predicted molar refractivity (Wildman–Crippen MR) is 70.0 cm³/mol. The molecule has 0 spiro atoms. The molecule has 0 aliphatic rings. The summed E-state index contributed by atoms with van der Waals surface area (Å²) in [6, 6.07) is 3.49. The van der Waals surface area contributed by atoms with Crippen LogP contribution in [0.25, 0.3) is 10.8 Å². The number of carbonyl (C=O) groups is 1. The fraction of sp³-hybridized carbons (Fsp3) is 0.273. The highest BCUT2D eigenvalue weighted by molar-refractivity contribution is 7.90. The van der Waals surface area contributed by atoms with Gasteiger partial charge in [0.25, 0.3) is 0 Å². The number of hydrogen-bond acceptors (Lipinski definition) is 6. The molecular weight excluding hydrogens is 290 g/mol. The summed E-state index contributed by atoms with van der Waals surface area (Å²) >= 11 is 1.33. The Bertz CT molecular complexity index is 700. The molecule has 0 saturated heterocycles. The Morgan fingerprint density at radius 2 is 2.21 bits per heavy atom. The summed E-state index contributed by atoms with van der Waals surface area (Å²) < 4.78 is 28.4. The van der Waals surface area contributed by atoms with Gasteiger partial charge in [0, 0.05) is 6.26 Å². The first-order chi connectivity index (χ1) is 8.80. The lowest BCUT2D eigenvalue weighted by atomic mass is 10.3. The summed E-state index contributed by atoms with van der Waals surface area (Å²) in [5, 5.41) is 9.81. The van der Waals surface area contributed by atoms with Crippen LogP contribution in [0.1, 0.15) is 28.4 Å². The van der Waals surface area contributed by atoms with Crippen molar-refractivity contribution in [3.8, 4) is 10.8 Å². The van der Waals surface area contributed by atoms with Crippen LogP contribution >= 0.6 is 11.3 Å². The fourth-order valence-corrected chi connectivity index (χ4v) is 2.66. The van der Waals surface area contributed by atoms with Crippen LogP contribution < -0.4 is 0 Å². The number of thiophene rings is 1. The van der Waals surface area contributed by atoms with Crippen molar-refractivity contribution >= 4 is 27.1 Å². The standard InChI is InChI=1S/C11H11NO5S2/c1-6(19(2,15)16)9-8(11(13)14)12-10(17-9)7-4-3-5-18-7/h3-6H,1-2H3,(H,13,14). The van der Waals surface area contributed by atoms with Gasteiger partial charge >= 0.3 is 5.97 Å². The quantitative estimate of drug-likeness (QED) is 0.929. The first-order valence-electron chi connectivity index (χ1n) is 5.27. The van der Waals surface area contributed by atoms with Crippen molar-refractivity contribution in [3.05, 3.63) is 29.0 Å². The third-order valence-corrected chi connectivity index (χ3v) is 4.96. The summed E-state index contributed by atoms with van der Waals surface area (Å²) in [5.74, 6) is -1.33. The number of sulfone groups is 1. The van der Waals surface area contributed by atoms with Gasteiger partial charge in [0.15, 0.2) is 21.3 Å². The molecule has 0 bridgehead atoms. The maximum Gasteiger partial charge on any atom is 0.358 e. The largest absolute Gasteiger partial charge is 0.476 e. The Morgan fingerprint density at radius 1 is 1.53 bits per heavy atom. The lowest BCUT2D eigenvalue weighted by Gasteiger charge is -2.05. The van der Waals surface area contributed by atoms with Crippen molar-refractivity contribution in [2.75, 3.05) is 6.26 Å².